The van der Waals surface area contributed by atoms with Gasteiger partial charge in [0.25, 0.3) is 0 Å². The Labute approximate surface area is 198 Å². The lowest BCUT2D eigenvalue weighted by Crippen LogP contribution is -2.51. The van der Waals surface area contributed by atoms with Crippen molar-refractivity contribution in [2.45, 2.75) is 96.3 Å². The summed E-state index contributed by atoms with van der Waals surface area (Å²) in [7, 11) is -3.62. The van der Waals surface area contributed by atoms with E-state index < -0.39 is 20.9 Å². The van der Waals surface area contributed by atoms with E-state index >= 15 is 0 Å². The van der Waals surface area contributed by atoms with Crippen LogP contribution in [0.2, 0.25) is 0 Å². The topological polar surface area (TPSA) is 89.3 Å². The molecule has 0 amide bonds. The lowest BCUT2D eigenvalue weighted by atomic mass is 9.49. The smallest absolute Gasteiger partial charge is 0.242 e. The van der Waals surface area contributed by atoms with Crippen molar-refractivity contribution in [2.24, 2.45) is 40.9 Å². The van der Waals surface area contributed by atoms with Crippen LogP contribution in [-0.2, 0) is 10.0 Å². The fourth-order valence-corrected chi connectivity index (χ4v) is 9.63. The molecule has 6 nitrogen and oxygen atoms in total. The number of carbonyl (C=O) groups is 1. The molecular formula is C26H40N2O4S. The molecule has 33 heavy (non-hydrogen) atoms. The van der Waals surface area contributed by atoms with Crippen molar-refractivity contribution in [3.8, 4) is 0 Å². The number of nitrogens with zero attached hydrogens (tertiary/aromatic N) is 2. The Morgan fingerprint density at radius 1 is 1.06 bits per heavy atom. The molecule has 0 saturated heterocycles. The molecule has 0 bridgehead atoms. The Hall–Kier alpha value is -1.21. The van der Waals surface area contributed by atoms with E-state index in [-0.39, 0.29) is 22.8 Å². The summed E-state index contributed by atoms with van der Waals surface area (Å²) in [5.74, 6) is 3.11. The van der Waals surface area contributed by atoms with E-state index in [1.807, 2.05) is 6.92 Å². The fourth-order valence-electron chi connectivity index (χ4n) is 8.58. The van der Waals surface area contributed by atoms with Gasteiger partial charge in [-0.2, -0.15) is 0 Å². The van der Waals surface area contributed by atoms with Crippen LogP contribution in [0.3, 0.4) is 0 Å². The molecule has 1 N–H and O–H groups in total. The number of ketones is 1. The van der Waals surface area contributed by atoms with Crippen molar-refractivity contribution >= 4 is 15.8 Å². The molecule has 1 heterocycles. The Bertz CT molecular complexity index is 1030. The van der Waals surface area contributed by atoms with Crippen molar-refractivity contribution in [1.82, 2.24) is 8.96 Å². The number of aliphatic hydroxyl groups is 1. The predicted molar refractivity (Wildman–Crippen MR) is 127 cm³/mol. The Morgan fingerprint density at radius 2 is 1.79 bits per heavy atom. The van der Waals surface area contributed by atoms with Gasteiger partial charge in [0.2, 0.25) is 10.0 Å². The molecule has 0 radical (unpaired) electrons. The van der Waals surface area contributed by atoms with Gasteiger partial charge in [0.15, 0.2) is 5.78 Å². The largest absolute Gasteiger partial charge is 0.390 e. The predicted octanol–water partition coefficient (Wildman–Crippen LogP) is 4.67. The van der Waals surface area contributed by atoms with E-state index in [4.69, 9.17) is 0 Å². The molecule has 5 rings (SSSR count). The highest BCUT2D eigenvalue weighted by atomic mass is 32.2. The van der Waals surface area contributed by atoms with Gasteiger partial charge < -0.3 is 5.11 Å². The summed E-state index contributed by atoms with van der Waals surface area (Å²) in [6.45, 7) is 7.58. The van der Waals surface area contributed by atoms with Crippen LogP contribution in [-0.4, -0.2) is 39.1 Å². The number of carbonyl (C=O) groups excluding carboxylic acids is 1. The van der Waals surface area contributed by atoms with E-state index in [1.165, 1.54) is 25.4 Å². The van der Waals surface area contributed by atoms with E-state index in [1.54, 1.807) is 13.8 Å². The zero-order valence-electron chi connectivity index (χ0n) is 20.5. The third-order valence-electron chi connectivity index (χ3n) is 10.3. The fraction of sp³-hybridized carbons (Fsp3) is 0.846. The molecular weight excluding hydrogens is 436 g/mol. The SMILES string of the molecule is CC(C)S(=O)(=O)n1cncc1C(=O)[C@H]1CC[C@H]2[C@@H]3CC[C@@H]4C[C@](C)(O)CC[C@@H]4[C@H]3CC[C@]12C. The lowest BCUT2D eigenvalue weighted by Gasteiger charge is -2.56. The maximum Gasteiger partial charge on any atom is 0.242 e. The van der Waals surface area contributed by atoms with Gasteiger partial charge in [-0.1, -0.05) is 6.92 Å². The zero-order chi connectivity index (χ0) is 23.8. The Morgan fingerprint density at radius 3 is 2.52 bits per heavy atom. The first-order chi connectivity index (χ1) is 15.5. The quantitative estimate of drug-likeness (QED) is 0.638. The minimum absolute atomic E-state index is 0.0393. The number of hydrogen-bond acceptors (Lipinski definition) is 5. The number of aromatic nitrogens is 2. The van der Waals surface area contributed by atoms with Gasteiger partial charge in [-0.3, -0.25) is 4.79 Å². The molecule has 0 aromatic carbocycles. The third-order valence-corrected chi connectivity index (χ3v) is 12.3. The average molecular weight is 477 g/mol. The van der Waals surface area contributed by atoms with Crippen molar-refractivity contribution < 1.29 is 18.3 Å². The Balaban J connectivity index is 1.39. The number of fused-ring (bicyclic) bond motifs is 5. The highest BCUT2D eigenvalue weighted by Gasteiger charge is 2.59. The van der Waals surface area contributed by atoms with Crippen LogP contribution >= 0.6 is 0 Å². The molecule has 184 valence electrons. The number of rotatable bonds is 4. The maximum atomic E-state index is 13.8. The van der Waals surface area contributed by atoms with Crippen molar-refractivity contribution in [3.63, 3.8) is 0 Å². The van der Waals surface area contributed by atoms with E-state index in [2.05, 4.69) is 11.9 Å². The Kier molecular flexibility index (Phi) is 5.64. The molecule has 4 fully saturated rings. The first kappa shape index (κ1) is 23.5. The van der Waals surface area contributed by atoms with Crippen molar-refractivity contribution in [1.29, 1.82) is 0 Å². The standard InChI is InChI=1S/C26H40N2O4S/c1-16(2)33(31,32)28-15-27-14-23(28)24(29)22-8-7-21-20-6-5-17-13-25(3,30)11-9-18(17)19(20)10-12-26(21,22)4/h14-22,30H,5-13H2,1-4H3/t17-,18+,19-,20-,21+,22-,25-,26+/m1/s1. The second-order valence-corrected chi connectivity index (χ2v) is 14.7. The lowest BCUT2D eigenvalue weighted by molar-refractivity contribution is -0.0976. The molecule has 7 heteroatoms. The van der Waals surface area contributed by atoms with E-state index in [0.29, 0.717) is 17.8 Å². The molecule has 0 unspecified atom stereocenters. The second kappa shape index (κ2) is 7.91. The van der Waals surface area contributed by atoms with Crippen LogP contribution in [0.25, 0.3) is 0 Å². The molecule has 4 saturated carbocycles. The van der Waals surface area contributed by atoms with Crippen molar-refractivity contribution in [2.75, 3.05) is 0 Å². The van der Waals surface area contributed by atoms with Gasteiger partial charge in [0.05, 0.1) is 17.0 Å². The summed E-state index contributed by atoms with van der Waals surface area (Å²) in [5, 5.41) is 10.0. The molecule has 4 aliphatic carbocycles. The summed E-state index contributed by atoms with van der Waals surface area (Å²) in [4.78, 5) is 17.8. The van der Waals surface area contributed by atoms with Crippen LogP contribution < -0.4 is 0 Å². The van der Waals surface area contributed by atoms with E-state index in [0.717, 1.165) is 60.8 Å². The van der Waals surface area contributed by atoms with Gasteiger partial charge in [0, 0.05) is 5.92 Å². The molecule has 8 atom stereocenters. The first-order valence-electron chi connectivity index (χ1n) is 13.0. The average Bonchev–Trinajstić information content (AvgIpc) is 3.37. The highest BCUT2D eigenvalue weighted by molar-refractivity contribution is 7.90. The minimum atomic E-state index is -3.62. The monoisotopic (exact) mass is 476 g/mol. The summed E-state index contributed by atoms with van der Waals surface area (Å²) in [5.41, 5.74) is -0.334. The van der Waals surface area contributed by atoms with Crippen LogP contribution in [0.4, 0.5) is 0 Å². The van der Waals surface area contributed by atoms with Gasteiger partial charge >= 0.3 is 0 Å². The first-order valence-corrected chi connectivity index (χ1v) is 14.5. The summed E-state index contributed by atoms with van der Waals surface area (Å²) >= 11 is 0. The summed E-state index contributed by atoms with van der Waals surface area (Å²) < 4.78 is 26.8. The van der Waals surface area contributed by atoms with Gasteiger partial charge in [-0.25, -0.2) is 17.4 Å². The zero-order valence-corrected chi connectivity index (χ0v) is 21.4. The number of Topliss-reactive ketones (excluding diaryl/α,β-unsaturated/α-hetero) is 1. The van der Waals surface area contributed by atoms with Crippen LogP contribution in [0, 0.1) is 40.9 Å². The number of hydrogen-bond donors (Lipinski definition) is 1. The molecule has 0 spiro atoms. The number of imidazole rings is 1. The summed E-state index contributed by atoms with van der Waals surface area (Å²) in [6, 6.07) is 0. The van der Waals surface area contributed by atoms with Crippen molar-refractivity contribution in [3.05, 3.63) is 18.2 Å². The normalized spacial score (nSPS) is 43.1. The van der Waals surface area contributed by atoms with Crippen LogP contribution in [0.5, 0.6) is 0 Å². The van der Waals surface area contributed by atoms with Gasteiger partial charge in [-0.05, 0) is 114 Å². The summed E-state index contributed by atoms with van der Waals surface area (Å²) in [6.07, 6.45) is 12.2. The van der Waals surface area contributed by atoms with Crippen LogP contribution in [0.15, 0.2) is 12.5 Å². The molecule has 4 aliphatic rings. The highest BCUT2D eigenvalue weighted by Crippen LogP contribution is 2.65. The molecule has 1 aromatic heterocycles. The molecule has 1 aromatic rings. The second-order valence-electron chi connectivity index (χ2n) is 12.4. The van der Waals surface area contributed by atoms with E-state index in [9.17, 15) is 18.3 Å². The van der Waals surface area contributed by atoms with Crippen LogP contribution in [0.1, 0.15) is 96.0 Å². The maximum absolute atomic E-state index is 13.8. The minimum Gasteiger partial charge on any atom is -0.390 e. The molecule has 0 aliphatic heterocycles. The van der Waals surface area contributed by atoms with Gasteiger partial charge in [0.1, 0.15) is 12.0 Å². The van der Waals surface area contributed by atoms with Gasteiger partial charge in [-0.15, -0.1) is 0 Å². The third kappa shape index (κ3) is 3.64.